The van der Waals surface area contributed by atoms with Crippen LogP contribution in [0.3, 0.4) is 0 Å². The van der Waals surface area contributed by atoms with E-state index < -0.39 is 6.10 Å². The van der Waals surface area contributed by atoms with Crippen LogP contribution in [-0.2, 0) is 0 Å². The molecule has 0 saturated heterocycles. The first-order valence-electron chi connectivity index (χ1n) is 3.81. The lowest BCUT2D eigenvalue weighted by atomic mass is 10.2. The van der Waals surface area contributed by atoms with Gasteiger partial charge in [-0.25, -0.2) is 0 Å². The summed E-state index contributed by atoms with van der Waals surface area (Å²) in [5.41, 5.74) is 0. The third-order valence-electron chi connectivity index (χ3n) is 1.62. The van der Waals surface area contributed by atoms with Crippen LogP contribution >= 0.6 is 22.9 Å². The van der Waals surface area contributed by atoms with Gasteiger partial charge in [-0.15, -0.1) is 11.3 Å². The zero-order valence-electron chi connectivity index (χ0n) is 6.88. The maximum absolute atomic E-state index is 9.61. The second kappa shape index (κ2) is 4.82. The van der Waals surface area contributed by atoms with Crippen LogP contribution in [0, 0.1) is 0 Å². The first-order valence-corrected chi connectivity index (χ1v) is 5.07. The van der Waals surface area contributed by atoms with Gasteiger partial charge in [0.15, 0.2) is 0 Å². The van der Waals surface area contributed by atoms with Gasteiger partial charge in [0, 0.05) is 0 Å². The lowest BCUT2D eigenvalue weighted by Crippen LogP contribution is -2.11. The average molecular weight is 206 g/mol. The van der Waals surface area contributed by atoms with Crippen LogP contribution in [0.4, 0.5) is 0 Å². The normalized spacial score (nSPS) is 13.2. The first kappa shape index (κ1) is 9.99. The summed E-state index contributed by atoms with van der Waals surface area (Å²) in [6.07, 6.45) is 0.279. The summed E-state index contributed by atoms with van der Waals surface area (Å²) < 4.78 is 0. The van der Waals surface area contributed by atoms with Crippen LogP contribution in [0.2, 0.25) is 5.02 Å². The van der Waals surface area contributed by atoms with E-state index in [1.807, 2.05) is 18.5 Å². The van der Waals surface area contributed by atoms with Crippen LogP contribution in [0.15, 0.2) is 11.4 Å². The third kappa shape index (κ3) is 2.45. The first-order chi connectivity index (χ1) is 5.75. The second-order valence-corrected chi connectivity index (χ2v) is 3.90. The van der Waals surface area contributed by atoms with Crippen molar-refractivity contribution in [2.75, 3.05) is 13.6 Å². The Hall–Kier alpha value is -0.0900. The number of aliphatic hydroxyl groups excluding tert-OH is 1. The summed E-state index contributed by atoms with van der Waals surface area (Å²) in [4.78, 5) is 0.868. The van der Waals surface area contributed by atoms with E-state index in [-0.39, 0.29) is 0 Å². The molecule has 12 heavy (non-hydrogen) atoms. The number of aliphatic hydroxyl groups is 1. The molecule has 1 atom stereocenters. The van der Waals surface area contributed by atoms with Gasteiger partial charge in [-0.1, -0.05) is 11.6 Å². The molecule has 1 rings (SSSR count). The van der Waals surface area contributed by atoms with E-state index in [1.165, 1.54) is 11.3 Å². The molecule has 0 saturated carbocycles. The van der Waals surface area contributed by atoms with Crippen LogP contribution < -0.4 is 5.32 Å². The van der Waals surface area contributed by atoms with Gasteiger partial charge in [-0.05, 0) is 31.5 Å². The van der Waals surface area contributed by atoms with Crippen LogP contribution in [0.5, 0.6) is 0 Å². The molecule has 68 valence electrons. The molecular formula is C8H12ClNOS. The van der Waals surface area contributed by atoms with E-state index in [4.69, 9.17) is 11.6 Å². The fourth-order valence-corrected chi connectivity index (χ4v) is 2.16. The Labute approximate surface area is 81.2 Å². The highest BCUT2D eigenvalue weighted by Gasteiger charge is 2.11. The van der Waals surface area contributed by atoms with E-state index in [0.717, 1.165) is 11.4 Å². The highest BCUT2D eigenvalue weighted by Crippen LogP contribution is 2.29. The highest BCUT2D eigenvalue weighted by molar-refractivity contribution is 7.10. The summed E-state index contributed by atoms with van der Waals surface area (Å²) in [6.45, 7) is 0.801. The molecule has 1 aromatic rings. The van der Waals surface area contributed by atoms with E-state index in [2.05, 4.69) is 5.32 Å². The summed E-state index contributed by atoms with van der Waals surface area (Å²) in [6, 6.07) is 1.81. The van der Waals surface area contributed by atoms with Crippen LogP contribution in [-0.4, -0.2) is 18.7 Å². The van der Waals surface area contributed by atoms with Gasteiger partial charge in [-0.3, -0.25) is 0 Å². The molecule has 4 heteroatoms. The lowest BCUT2D eigenvalue weighted by molar-refractivity contribution is 0.171. The molecule has 0 aliphatic rings. The molecule has 1 heterocycles. The molecule has 2 nitrogen and oxygen atoms in total. The minimum absolute atomic E-state index is 0.426. The van der Waals surface area contributed by atoms with E-state index in [0.29, 0.717) is 11.4 Å². The van der Waals surface area contributed by atoms with Crippen molar-refractivity contribution in [1.82, 2.24) is 5.32 Å². The van der Waals surface area contributed by atoms with Crippen molar-refractivity contribution in [3.8, 4) is 0 Å². The Morgan fingerprint density at radius 1 is 1.75 bits per heavy atom. The fourth-order valence-electron chi connectivity index (χ4n) is 0.955. The summed E-state index contributed by atoms with van der Waals surface area (Å²) in [5, 5.41) is 15.1. The minimum Gasteiger partial charge on any atom is -0.387 e. The molecule has 0 fully saturated rings. The smallest absolute Gasteiger partial charge is 0.0909 e. The Bertz CT molecular complexity index is 239. The Kier molecular flexibility index (Phi) is 4.01. The molecule has 0 bridgehead atoms. The quantitative estimate of drug-likeness (QED) is 0.789. The van der Waals surface area contributed by atoms with E-state index in [1.54, 1.807) is 0 Å². The van der Waals surface area contributed by atoms with Crippen molar-refractivity contribution in [3.63, 3.8) is 0 Å². The monoisotopic (exact) mass is 205 g/mol. The van der Waals surface area contributed by atoms with Crippen molar-refractivity contribution in [2.24, 2.45) is 0 Å². The number of hydrogen-bond donors (Lipinski definition) is 2. The van der Waals surface area contributed by atoms with Crippen LogP contribution in [0.1, 0.15) is 17.4 Å². The minimum atomic E-state index is -0.426. The molecule has 0 spiro atoms. The maximum atomic E-state index is 9.61. The van der Waals surface area contributed by atoms with Gasteiger partial charge in [0.25, 0.3) is 0 Å². The molecule has 0 radical (unpaired) electrons. The van der Waals surface area contributed by atoms with E-state index >= 15 is 0 Å². The predicted octanol–water partition coefficient (Wildman–Crippen LogP) is 2.04. The predicted molar refractivity (Wildman–Crippen MR) is 52.8 cm³/mol. The van der Waals surface area contributed by atoms with Crippen molar-refractivity contribution in [2.45, 2.75) is 12.5 Å². The number of thiophene rings is 1. The third-order valence-corrected chi connectivity index (χ3v) is 3.07. The van der Waals surface area contributed by atoms with Crippen molar-refractivity contribution >= 4 is 22.9 Å². The van der Waals surface area contributed by atoms with Gasteiger partial charge in [0.2, 0.25) is 0 Å². The topological polar surface area (TPSA) is 32.3 Å². The fraction of sp³-hybridized carbons (Fsp3) is 0.500. The van der Waals surface area contributed by atoms with Crippen molar-refractivity contribution in [3.05, 3.63) is 21.3 Å². The molecule has 0 aromatic carbocycles. The Morgan fingerprint density at radius 2 is 2.50 bits per heavy atom. The number of nitrogens with one attached hydrogen (secondary N) is 1. The molecular weight excluding hydrogens is 194 g/mol. The van der Waals surface area contributed by atoms with Gasteiger partial charge in [0.05, 0.1) is 16.0 Å². The maximum Gasteiger partial charge on any atom is 0.0909 e. The number of rotatable bonds is 4. The average Bonchev–Trinajstić information content (AvgIpc) is 2.47. The molecule has 1 aromatic heterocycles. The van der Waals surface area contributed by atoms with Gasteiger partial charge >= 0.3 is 0 Å². The summed E-state index contributed by atoms with van der Waals surface area (Å²) >= 11 is 7.34. The van der Waals surface area contributed by atoms with Crippen LogP contribution in [0.25, 0.3) is 0 Å². The SMILES string of the molecule is CNCCC(O)c1sccc1Cl. The van der Waals surface area contributed by atoms with Gasteiger partial charge in [0.1, 0.15) is 0 Å². The summed E-state index contributed by atoms with van der Waals surface area (Å²) in [5.74, 6) is 0. The molecule has 0 aliphatic heterocycles. The van der Waals surface area contributed by atoms with Gasteiger partial charge in [-0.2, -0.15) is 0 Å². The van der Waals surface area contributed by atoms with Crippen molar-refractivity contribution < 1.29 is 5.11 Å². The zero-order valence-corrected chi connectivity index (χ0v) is 8.45. The molecule has 0 aliphatic carbocycles. The molecule has 2 N–H and O–H groups in total. The number of halogens is 1. The van der Waals surface area contributed by atoms with E-state index in [9.17, 15) is 5.11 Å². The largest absolute Gasteiger partial charge is 0.387 e. The van der Waals surface area contributed by atoms with Crippen molar-refractivity contribution in [1.29, 1.82) is 0 Å². The Morgan fingerprint density at radius 3 is 3.00 bits per heavy atom. The molecule has 1 unspecified atom stereocenters. The van der Waals surface area contributed by atoms with Gasteiger partial charge < -0.3 is 10.4 Å². The number of hydrogen-bond acceptors (Lipinski definition) is 3. The summed E-state index contributed by atoms with van der Waals surface area (Å²) in [7, 11) is 1.86. The highest BCUT2D eigenvalue weighted by atomic mass is 35.5. The lowest BCUT2D eigenvalue weighted by Gasteiger charge is -2.07. The Balaban J connectivity index is 2.52. The second-order valence-electron chi connectivity index (χ2n) is 2.54. The standard InChI is InChI=1S/C8H12ClNOS/c1-10-4-2-7(11)8-6(9)3-5-12-8/h3,5,7,10-11H,2,4H2,1H3. The molecule has 0 amide bonds. The zero-order chi connectivity index (χ0) is 8.97.